The van der Waals surface area contributed by atoms with E-state index in [1.165, 1.54) is 35.8 Å². The predicted octanol–water partition coefficient (Wildman–Crippen LogP) is 1.77. The average molecular weight is 429 g/mol. The molecule has 0 atom stereocenters. The molecule has 0 radical (unpaired) electrons. The Morgan fingerprint density at radius 3 is 2.03 bits per heavy atom. The van der Waals surface area contributed by atoms with Crippen LogP contribution in [0.4, 0.5) is 5.69 Å². The minimum absolute atomic E-state index is 0.00507. The highest BCUT2D eigenvalue weighted by molar-refractivity contribution is 7.92. The Hall–Kier alpha value is -3.33. The maximum Gasteiger partial charge on any atom is 0.296 e. The Labute approximate surface area is 175 Å². The van der Waals surface area contributed by atoms with Crippen LogP contribution in [0.2, 0.25) is 0 Å². The SMILES string of the molecule is Cc1c(N(CC(=O)N(C)C)S(=O)(=O)c2ccccc2)c(=O)n(-c2ccccc2)n1C. The molecule has 0 aliphatic carbocycles. The lowest BCUT2D eigenvalue weighted by atomic mass is 10.3. The van der Waals surface area contributed by atoms with Crippen molar-refractivity contribution in [1.29, 1.82) is 0 Å². The molecule has 0 fully saturated rings. The monoisotopic (exact) mass is 428 g/mol. The first-order valence-electron chi connectivity index (χ1n) is 9.28. The predicted molar refractivity (Wildman–Crippen MR) is 115 cm³/mol. The summed E-state index contributed by atoms with van der Waals surface area (Å²) >= 11 is 0. The largest absolute Gasteiger partial charge is 0.347 e. The molecule has 1 aromatic heterocycles. The van der Waals surface area contributed by atoms with E-state index in [-0.39, 0.29) is 10.6 Å². The highest BCUT2D eigenvalue weighted by Gasteiger charge is 2.33. The minimum atomic E-state index is -4.15. The number of hydrogen-bond acceptors (Lipinski definition) is 4. The van der Waals surface area contributed by atoms with Crippen LogP contribution in [0.15, 0.2) is 70.4 Å². The van der Waals surface area contributed by atoms with Gasteiger partial charge in [0, 0.05) is 21.1 Å². The van der Waals surface area contributed by atoms with Gasteiger partial charge in [0.1, 0.15) is 12.2 Å². The van der Waals surface area contributed by atoms with E-state index in [1.54, 1.807) is 61.1 Å². The van der Waals surface area contributed by atoms with Gasteiger partial charge in [0.25, 0.3) is 15.6 Å². The molecule has 8 nitrogen and oxygen atoms in total. The lowest BCUT2D eigenvalue weighted by molar-refractivity contribution is -0.127. The zero-order valence-electron chi connectivity index (χ0n) is 17.3. The number of para-hydroxylation sites is 1. The molecule has 0 unspecified atom stereocenters. The van der Waals surface area contributed by atoms with Gasteiger partial charge in [-0.25, -0.2) is 17.4 Å². The first-order valence-corrected chi connectivity index (χ1v) is 10.7. The fraction of sp³-hybridized carbons (Fsp3) is 0.238. The van der Waals surface area contributed by atoms with E-state index in [2.05, 4.69) is 0 Å². The lowest BCUT2D eigenvalue weighted by Gasteiger charge is -2.24. The molecule has 0 spiro atoms. The Morgan fingerprint density at radius 1 is 0.967 bits per heavy atom. The molecule has 0 N–H and O–H groups in total. The standard InChI is InChI=1S/C21H24N4O4S/c1-16-20(21(27)25(23(16)4)17-11-7-5-8-12-17)24(15-19(26)22(2)3)30(28,29)18-13-9-6-10-14-18/h5-14H,15H2,1-4H3. The maximum atomic E-state index is 13.5. The van der Waals surface area contributed by atoms with Gasteiger partial charge in [-0.2, -0.15) is 0 Å². The van der Waals surface area contributed by atoms with Gasteiger partial charge in [0.05, 0.1) is 16.3 Å². The first-order chi connectivity index (χ1) is 14.2. The third-order valence-electron chi connectivity index (χ3n) is 4.88. The smallest absolute Gasteiger partial charge is 0.296 e. The Morgan fingerprint density at radius 2 is 1.50 bits per heavy atom. The van der Waals surface area contributed by atoms with Crippen molar-refractivity contribution in [3.63, 3.8) is 0 Å². The molecule has 0 aliphatic heterocycles. The second-order valence-corrected chi connectivity index (χ2v) is 8.89. The number of carbonyl (C=O) groups excluding carboxylic acids is 1. The van der Waals surface area contributed by atoms with Gasteiger partial charge in [-0.15, -0.1) is 0 Å². The van der Waals surface area contributed by atoms with Gasteiger partial charge in [-0.3, -0.25) is 14.3 Å². The van der Waals surface area contributed by atoms with Gasteiger partial charge in [0.15, 0.2) is 0 Å². The number of benzene rings is 2. The average Bonchev–Trinajstić information content (AvgIpc) is 2.95. The number of carbonyl (C=O) groups is 1. The van der Waals surface area contributed by atoms with Crippen molar-refractivity contribution in [1.82, 2.24) is 14.3 Å². The molecule has 9 heteroatoms. The summed E-state index contributed by atoms with van der Waals surface area (Å²) in [4.78, 5) is 27.2. The summed E-state index contributed by atoms with van der Waals surface area (Å²) in [7, 11) is 0.596. The van der Waals surface area contributed by atoms with E-state index < -0.39 is 28.0 Å². The van der Waals surface area contributed by atoms with Crippen molar-refractivity contribution < 1.29 is 13.2 Å². The second kappa shape index (κ2) is 8.19. The van der Waals surface area contributed by atoms with E-state index in [1.807, 2.05) is 6.07 Å². The Kier molecular flexibility index (Phi) is 5.84. The zero-order chi connectivity index (χ0) is 22.1. The van der Waals surface area contributed by atoms with E-state index in [0.29, 0.717) is 11.4 Å². The Balaban J connectivity index is 2.26. The van der Waals surface area contributed by atoms with Crippen LogP contribution in [0.5, 0.6) is 0 Å². The highest BCUT2D eigenvalue weighted by atomic mass is 32.2. The topological polar surface area (TPSA) is 84.6 Å². The fourth-order valence-corrected chi connectivity index (χ4v) is 4.60. The van der Waals surface area contributed by atoms with Crippen molar-refractivity contribution in [2.75, 3.05) is 24.9 Å². The number of rotatable bonds is 6. The third-order valence-corrected chi connectivity index (χ3v) is 6.64. The molecule has 3 rings (SSSR count). The van der Waals surface area contributed by atoms with Gasteiger partial charge in [-0.05, 0) is 31.2 Å². The third kappa shape index (κ3) is 3.76. The van der Waals surface area contributed by atoms with Crippen LogP contribution < -0.4 is 9.86 Å². The molecular weight excluding hydrogens is 404 g/mol. The van der Waals surface area contributed by atoms with E-state index >= 15 is 0 Å². The van der Waals surface area contributed by atoms with E-state index in [0.717, 1.165) is 4.31 Å². The van der Waals surface area contributed by atoms with Crippen LogP contribution in [-0.2, 0) is 21.9 Å². The second-order valence-electron chi connectivity index (χ2n) is 7.02. The summed E-state index contributed by atoms with van der Waals surface area (Å²) in [5, 5.41) is 0. The number of aromatic nitrogens is 2. The van der Waals surface area contributed by atoms with Gasteiger partial charge in [-0.1, -0.05) is 36.4 Å². The number of hydrogen-bond donors (Lipinski definition) is 0. The van der Waals surface area contributed by atoms with Crippen LogP contribution in [0, 0.1) is 6.92 Å². The van der Waals surface area contributed by atoms with Crippen molar-refractivity contribution in [3.05, 3.63) is 76.7 Å². The summed E-state index contributed by atoms with van der Waals surface area (Å²) < 4.78 is 30.8. The van der Waals surface area contributed by atoms with Crippen molar-refractivity contribution in [2.45, 2.75) is 11.8 Å². The van der Waals surface area contributed by atoms with Gasteiger partial charge in [0.2, 0.25) is 5.91 Å². The summed E-state index contributed by atoms with van der Waals surface area (Å²) in [6.45, 7) is 1.17. The molecule has 0 aliphatic rings. The fourth-order valence-electron chi connectivity index (χ4n) is 3.11. The highest BCUT2D eigenvalue weighted by Crippen LogP contribution is 2.25. The summed E-state index contributed by atoms with van der Waals surface area (Å²) in [5.74, 6) is -0.441. The van der Waals surface area contributed by atoms with Gasteiger partial charge >= 0.3 is 0 Å². The Bertz CT molecular complexity index is 1210. The molecular formula is C21H24N4O4S. The number of sulfonamides is 1. The summed E-state index contributed by atoms with van der Waals surface area (Å²) in [6, 6.07) is 16.7. The molecule has 1 heterocycles. The van der Waals surface area contributed by atoms with Crippen LogP contribution in [0.25, 0.3) is 5.69 Å². The summed E-state index contributed by atoms with van der Waals surface area (Å²) in [6.07, 6.45) is 0. The van der Waals surface area contributed by atoms with Crippen LogP contribution >= 0.6 is 0 Å². The molecule has 0 saturated heterocycles. The van der Waals surface area contributed by atoms with Crippen molar-refractivity contribution >= 4 is 21.6 Å². The van der Waals surface area contributed by atoms with Crippen LogP contribution in [0.1, 0.15) is 5.69 Å². The molecule has 1 amide bonds. The number of anilines is 1. The first kappa shape index (κ1) is 21.4. The van der Waals surface area contributed by atoms with Crippen molar-refractivity contribution in [3.8, 4) is 5.69 Å². The lowest BCUT2D eigenvalue weighted by Crippen LogP contribution is -2.42. The zero-order valence-corrected chi connectivity index (χ0v) is 18.1. The maximum absolute atomic E-state index is 13.5. The normalized spacial score (nSPS) is 11.3. The van der Waals surface area contributed by atoms with E-state index in [9.17, 15) is 18.0 Å². The summed E-state index contributed by atoms with van der Waals surface area (Å²) in [5.41, 5.74) is 0.443. The minimum Gasteiger partial charge on any atom is -0.347 e. The van der Waals surface area contributed by atoms with Crippen LogP contribution in [-0.4, -0.2) is 49.2 Å². The van der Waals surface area contributed by atoms with Gasteiger partial charge < -0.3 is 4.90 Å². The molecule has 158 valence electrons. The quantitative estimate of drug-likeness (QED) is 0.599. The molecule has 0 saturated carbocycles. The molecule has 3 aromatic rings. The molecule has 2 aromatic carbocycles. The number of nitrogens with zero attached hydrogens (tertiary/aromatic N) is 4. The van der Waals surface area contributed by atoms with Crippen LogP contribution in [0.3, 0.4) is 0 Å². The van der Waals surface area contributed by atoms with E-state index in [4.69, 9.17) is 0 Å². The molecule has 0 bridgehead atoms. The number of amides is 1. The number of likely N-dealkylation sites (N-methyl/N-ethyl adjacent to an activating group) is 1. The van der Waals surface area contributed by atoms with Crippen molar-refractivity contribution in [2.24, 2.45) is 7.05 Å². The molecule has 30 heavy (non-hydrogen) atoms.